The van der Waals surface area contributed by atoms with Gasteiger partial charge in [-0.05, 0) is 18.2 Å². The third-order valence-corrected chi connectivity index (χ3v) is 2.93. The van der Waals surface area contributed by atoms with Gasteiger partial charge in [0.25, 0.3) is 0 Å². The topological polar surface area (TPSA) is 56.8 Å². The average molecular weight is 393 g/mol. The Hall–Kier alpha value is -0.860. The van der Waals surface area contributed by atoms with Crippen LogP contribution in [-0.4, -0.2) is 50.8 Å². The number of alkyl halides is 1. The van der Waals surface area contributed by atoms with Gasteiger partial charge in [-0.15, -0.1) is 0 Å². The minimum Gasteiger partial charge on any atom is -0.489 e. The number of ether oxygens (including phenoxy) is 3. The van der Waals surface area contributed by atoms with Crippen LogP contribution in [0.2, 0.25) is 0 Å². The largest absolute Gasteiger partial charge is 0.489 e. The van der Waals surface area contributed by atoms with E-state index in [4.69, 9.17) is 14.2 Å². The van der Waals surface area contributed by atoms with Gasteiger partial charge >= 0.3 is 0 Å². The summed E-state index contributed by atoms with van der Waals surface area (Å²) in [6.07, 6.45) is 0.799. The van der Waals surface area contributed by atoms with Crippen LogP contribution < -0.4 is 10.1 Å². The highest BCUT2D eigenvalue weighted by molar-refractivity contribution is 14.1. The molecule has 0 radical (unpaired) electrons. The lowest BCUT2D eigenvalue weighted by atomic mass is 10.2. The van der Waals surface area contributed by atoms with Gasteiger partial charge in [0, 0.05) is 17.0 Å². The number of aldehydes is 1. The van der Waals surface area contributed by atoms with Crippen LogP contribution in [0.1, 0.15) is 10.4 Å². The first kappa shape index (κ1) is 17.2. The number of nitrogens with one attached hydrogen (secondary N) is 1. The van der Waals surface area contributed by atoms with Gasteiger partial charge in [0.2, 0.25) is 0 Å². The zero-order chi connectivity index (χ0) is 14.6. The lowest BCUT2D eigenvalue weighted by Crippen LogP contribution is -2.12. The average Bonchev–Trinajstić information content (AvgIpc) is 2.49. The molecule has 0 aliphatic carbocycles. The Morgan fingerprint density at radius 3 is 2.50 bits per heavy atom. The summed E-state index contributed by atoms with van der Waals surface area (Å²) in [4.78, 5) is 10.7. The minimum absolute atomic E-state index is 0.434. The molecule has 112 valence electrons. The first-order valence-electron chi connectivity index (χ1n) is 6.43. The molecule has 0 saturated carbocycles. The summed E-state index contributed by atoms with van der Waals surface area (Å²) in [7, 11) is 1.81. The van der Waals surface area contributed by atoms with Crippen LogP contribution >= 0.6 is 22.6 Å². The first-order chi connectivity index (χ1) is 9.81. The van der Waals surface area contributed by atoms with E-state index >= 15 is 0 Å². The van der Waals surface area contributed by atoms with Gasteiger partial charge in [0.05, 0.1) is 32.1 Å². The van der Waals surface area contributed by atoms with Crippen LogP contribution in [0.5, 0.6) is 5.75 Å². The molecule has 0 bridgehead atoms. The number of anilines is 1. The van der Waals surface area contributed by atoms with Gasteiger partial charge in [-0.2, -0.15) is 0 Å². The van der Waals surface area contributed by atoms with Crippen molar-refractivity contribution in [3.8, 4) is 5.75 Å². The monoisotopic (exact) mass is 393 g/mol. The molecule has 0 aliphatic heterocycles. The second-order valence-corrected chi connectivity index (χ2v) is 4.96. The Morgan fingerprint density at radius 1 is 1.15 bits per heavy atom. The maximum Gasteiger partial charge on any atom is 0.150 e. The van der Waals surface area contributed by atoms with Crippen molar-refractivity contribution >= 4 is 34.6 Å². The van der Waals surface area contributed by atoms with E-state index in [1.54, 1.807) is 12.1 Å². The summed E-state index contributed by atoms with van der Waals surface area (Å²) in [5.41, 5.74) is 1.44. The van der Waals surface area contributed by atoms with E-state index in [9.17, 15) is 4.79 Å². The summed E-state index contributed by atoms with van der Waals surface area (Å²) in [5.74, 6) is 0.655. The van der Waals surface area contributed by atoms with Crippen molar-refractivity contribution in [3.63, 3.8) is 0 Å². The van der Waals surface area contributed by atoms with E-state index in [-0.39, 0.29) is 0 Å². The quantitative estimate of drug-likeness (QED) is 0.271. The summed E-state index contributed by atoms with van der Waals surface area (Å²) >= 11 is 2.26. The van der Waals surface area contributed by atoms with Crippen molar-refractivity contribution in [3.05, 3.63) is 23.8 Å². The van der Waals surface area contributed by atoms with Gasteiger partial charge < -0.3 is 19.5 Å². The summed E-state index contributed by atoms with van der Waals surface area (Å²) in [5, 5.41) is 3.02. The van der Waals surface area contributed by atoms with E-state index < -0.39 is 0 Å². The van der Waals surface area contributed by atoms with Gasteiger partial charge in [0.15, 0.2) is 0 Å². The molecule has 0 amide bonds. The number of halogens is 1. The second kappa shape index (κ2) is 10.9. The van der Waals surface area contributed by atoms with Crippen LogP contribution in [0, 0.1) is 0 Å². The standard InChI is InChI=1S/C14H20INO4/c1-16-13-3-2-12(11-17)10-14(13)20-9-8-19-7-6-18-5-4-15/h2-3,10-11,16H,4-9H2,1H3. The smallest absolute Gasteiger partial charge is 0.150 e. The van der Waals surface area contributed by atoms with Crippen LogP contribution in [-0.2, 0) is 9.47 Å². The molecule has 1 N–H and O–H groups in total. The van der Waals surface area contributed by atoms with E-state index in [1.807, 2.05) is 13.1 Å². The normalized spacial score (nSPS) is 10.3. The lowest BCUT2D eigenvalue weighted by molar-refractivity contribution is 0.0418. The fourth-order valence-electron chi connectivity index (χ4n) is 1.53. The van der Waals surface area contributed by atoms with Crippen molar-refractivity contribution in [2.24, 2.45) is 0 Å². The van der Waals surface area contributed by atoms with E-state index in [0.717, 1.165) is 23.0 Å². The first-order valence-corrected chi connectivity index (χ1v) is 7.95. The number of hydrogen-bond donors (Lipinski definition) is 1. The molecule has 0 heterocycles. The van der Waals surface area contributed by atoms with Gasteiger partial charge in [-0.1, -0.05) is 22.6 Å². The Balaban J connectivity index is 2.25. The second-order valence-electron chi connectivity index (χ2n) is 3.89. The Kier molecular flexibility index (Phi) is 9.35. The third-order valence-electron chi connectivity index (χ3n) is 2.49. The SMILES string of the molecule is CNc1ccc(C=O)cc1OCCOCCOCCI. The van der Waals surface area contributed by atoms with Crippen LogP contribution in [0.4, 0.5) is 5.69 Å². The zero-order valence-electron chi connectivity index (χ0n) is 11.6. The van der Waals surface area contributed by atoms with E-state index in [2.05, 4.69) is 27.9 Å². The molecule has 0 aliphatic rings. The Labute approximate surface area is 133 Å². The predicted molar refractivity (Wildman–Crippen MR) is 87.4 cm³/mol. The summed E-state index contributed by atoms with van der Waals surface area (Å²) in [6.45, 7) is 2.84. The van der Waals surface area contributed by atoms with Crippen molar-refractivity contribution in [1.82, 2.24) is 0 Å². The molecule has 0 saturated heterocycles. The fourth-order valence-corrected chi connectivity index (χ4v) is 1.84. The van der Waals surface area contributed by atoms with Crippen molar-refractivity contribution < 1.29 is 19.0 Å². The highest BCUT2D eigenvalue weighted by Gasteiger charge is 2.03. The van der Waals surface area contributed by atoms with Crippen molar-refractivity contribution in [2.45, 2.75) is 0 Å². The molecular weight excluding hydrogens is 373 g/mol. The number of carbonyl (C=O) groups is 1. The number of carbonyl (C=O) groups excluding carboxylic acids is 1. The molecule has 0 spiro atoms. The lowest BCUT2D eigenvalue weighted by Gasteiger charge is -2.12. The van der Waals surface area contributed by atoms with Crippen LogP contribution in [0.15, 0.2) is 18.2 Å². The van der Waals surface area contributed by atoms with E-state index in [0.29, 0.717) is 37.7 Å². The van der Waals surface area contributed by atoms with Crippen LogP contribution in [0.3, 0.4) is 0 Å². The van der Waals surface area contributed by atoms with Gasteiger partial charge in [-0.25, -0.2) is 0 Å². The zero-order valence-corrected chi connectivity index (χ0v) is 13.7. The molecule has 0 unspecified atom stereocenters. The maximum atomic E-state index is 10.7. The molecule has 0 atom stereocenters. The summed E-state index contributed by atoms with van der Waals surface area (Å²) < 4.78 is 17.3. The number of hydrogen-bond acceptors (Lipinski definition) is 5. The molecule has 0 aromatic heterocycles. The molecule has 1 aromatic rings. The maximum absolute atomic E-state index is 10.7. The van der Waals surface area contributed by atoms with Gasteiger partial charge in [-0.3, -0.25) is 4.79 Å². The predicted octanol–water partition coefficient (Wildman–Crippen LogP) is 2.39. The minimum atomic E-state index is 0.434. The van der Waals surface area contributed by atoms with Crippen molar-refractivity contribution in [2.75, 3.05) is 49.8 Å². The Bertz CT molecular complexity index is 401. The summed E-state index contributed by atoms with van der Waals surface area (Å²) in [6, 6.07) is 5.27. The highest BCUT2D eigenvalue weighted by atomic mass is 127. The molecule has 1 aromatic carbocycles. The molecule has 1 rings (SSSR count). The molecular formula is C14H20INO4. The Morgan fingerprint density at radius 2 is 1.85 bits per heavy atom. The van der Waals surface area contributed by atoms with Gasteiger partial charge in [0.1, 0.15) is 18.6 Å². The van der Waals surface area contributed by atoms with E-state index in [1.165, 1.54) is 0 Å². The fraction of sp³-hybridized carbons (Fsp3) is 0.500. The van der Waals surface area contributed by atoms with Crippen LogP contribution in [0.25, 0.3) is 0 Å². The molecule has 20 heavy (non-hydrogen) atoms. The molecule has 6 heteroatoms. The van der Waals surface area contributed by atoms with Crippen molar-refractivity contribution in [1.29, 1.82) is 0 Å². The number of benzene rings is 1. The number of rotatable bonds is 11. The molecule has 5 nitrogen and oxygen atoms in total. The highest BCUT2D eigenvalue weighted by Crippen LogP contribution is 2.24. The third kappa shape index (κ3) is 6.53. The molecule has 0 fully saturated rings.